The second-order valence-corrected chi connectivity index (χ2v) is 6.41. The van der Waals surface area contributed by atoms with Gasteiger partial charge < -0.3 is 15.4 Å². The number of nitriles is 1. The lowest BCUT2D eigenvalue weighted by atomic mass is 10.1. The molecule has 0 spiro atoms. The fourth-order valence-corrected chi connectivity index (χ4v) is 2.61. The van der Waals surface area contributed by atoms with Gasteiger partial charge in [0.1, 0.15) is 23.2 Å². The van der Waals surface area contributed by atoms with Crippen molar-refractivity contribution >= 4 is 29.3 Å². The third-order valence-corrected chi connectivity index (χ3v) is 4.06. The Balaban J connectivity index is 1.61. The van der Waals surface area contributed by atoms with Gasteiger partial charge in [0, 0.05) is 11.4 Å². The van der Waals surface area contributed by atoms with E-state index in [1.165, 1.54) is 30.3 Å². The lowest BCUT2D eigenvalue weighted by Gasteiger charge is -2.08. The van der Waals surface area contributed by atoms with E-state index in [0.717, 1.165) is 0 Å². The summed E-state index contributed by atoms with van der Waals surface area (Å²) in [6, 6.07) is 22.7. The number of halogens is 1. The Labute approximate surface area is 178 Å². The molecule has 0 saturated carbocycles. The summed E-state index contributed by atoms with van der Waals surface area (Å²) in [6.07, 6.45) is 1.43. The molecule has 7 heteroatoms. The first-order valence-electron chi connectivity index (χ1n) is 9.30. The summed E-state index contributed by atoms with van der Waals surface area (Å²) in [5.41, 5.74) is 1.53. The molecule has 31 heavy (non-hydrogen) atoms. The maximum atomic E-state index is 12.9. The van der Waals surface area contributed by atoms with Crippen molar-refractivity contribution in [3.05, 3.63) is 95.8 Å². The van der Waals surface area contributed by atoms with Crippen LogP contribution in [0.15, 0.2) is 84.4 Å². The quantitative estimate of drug-likeness (QED) is 0.442. The maximum Gasteiger partial charge on any atom is 0.266 e. The van der Waals surface area contributed by atoms with E-state index in [-0.39, 0.29) is 12.2 Å². The molecule has 154 valence electrons. The summed E-state index contributed by atoms with van der Waals surface area (Å²) >= 11 is 0. The predicted molar refractivity (Wildman–Crippen MR) is 116 cm³/mol. The van der Waals surface area contributed by atoms with Crippen molar-refractivity contribution in [1.82, 2.24) is 0 Å². The first kappa shape index (κ1) is 21.3. The van der Waals surface area contributed by atoms with Crippen LogP contribution >= 0.6 is 0 Å². The number of amides is 2. The molecule has 2 N–H and O–H groups in total. The molecule has 0 saturated heterocycles. The van der Waals surface area contributed by atoms with Crippen molar-refractivity contribution < 1.29 is 18.7 Å². The minimum atomic E-state index is -0.529. The van der Waals surface area contributed by atoms with E-state index in [1.807, 2.05) is 12.1 Å². The number of nitrogens with zero attached hydrogens (tertiary/aromatic N) is 1. The third-order valence-electron chi connectivity index (χ3n) is 4.06. The van der Waals surface area contributed by atoms with Crippen LogP contribution in [0.4, 0.5) is 15.8 Å². The molecule has 0 unspecified atom stereocenters. The number of rotatable bonds is 7. The molecular weight excluding hydrogens is 397 g/mol. The van der Waals surface area contributed by atoms with Gasteiger partial charge in [-0.2, -0.15) is 5.26 Å². The van der Waals surface area contributed by atoms with Crippen molar-refractivity contribution in [1.29, 1.82) is 5.26 Å². The molecule has 0 radical (unpaired) electrons. The Hall–Kier alpha value is -4.44. The third kappa shape index (κ3) is 6.54. The summed E-state index contributed by atoms with van der Waals surface area (Å²) in [5, 5.41) is 14.6. The maximum absolute atomic E-state index is 12.9. The molecule has 0 heterocycles. The second-order valence-electron chi connectivity index (χ2n) is 6.41. The highest BCUT2D eigenvalue weighted by molar-refractivity contribution is 6.09. The van der Waals surface area contributed by atoms with Crippen LogP contribution in [0.5, 0.6) is 5.75 Å². The molecule has 0 aliphatic carbocycles. The smallest absolute Gasteiger partial charge is 0.266 e. The molecule has 0 atom stereocenters. The summed E-state index contributed by atoms with van der Waals surface area (Å²) in [7, 11) is 0. The topological polar surface area (TPSA) is 91.2 Å². The van der Waals surface area contributed by atoms with Crippen LogP contribution in [-0.2, 0) is 9.59 Å². The van der Waals surface area contributed by atoms with Crippen LogP contribution in [0, 0.1) is 17.1 Å². The van der Waals surface area contributed by atoms with Gasteiger partial charge in [-0.15, -0.1) is 0 Å². The van der Waals surface area contributed by atoms with Crippen LogP contribution in [0.3, 0.4) is 0 Å². The van der Waals surface area contributed by atoms with E-state index in [9.17, 15) is 19.2 Å². The summed E-state index contributed by atoms with van der Waals surface area (Å²) in [6.45, 7) is -0.260. The Morgan fingerprint density at radius 1 is 0.935 bits per heavy atom. The Morgan fingerprint density at radius 3 is 2.35 bits per heavy atom. The number of hydrogen-bond donors (Lipinski definition) is 2. The van der Waals surface area contributed by atoms with E-state index in [4.69, 9.17) is 4.74 Å². The molecule has 0 aromatic heterocycles. The Kier molecular flexibility index (Phi) is 7.12. The van der Waals surface area contributed by atoms with Crippen molar-refractivity contribution in [2.24, 2.45) is 0 Å². The molecule has 0 aliphatic rings. The van der Waals surface area contributed by atoms with Gasteiger partial charge in [0.2, 0.25) is 0 Å². The van der Waals surface area contributed by atoms with Gasteiger partial charge in [-0.1, -0.05) is 30.3 Å². The molecule has 3 aromatic carbocycles. The number of carbonyl (C=O) groups excluding carboxylic acids is 2. The lowest BCUT2D eigenvalue weighted by Crippen LogP contribution is -2.20. The van der Waals surface area contributed by atoms with Crippen LogP contribution < -0.4 is 15.4 Å². The van der Waals surface area contributed by atoms with Gasteiger partial charge in [-0.3, -0.25) is 9.59 Å². The number of nitrogens with one attached hydrogen (secondary N) is 2. The van der Waals surface area contributed by atoms with E-state index in [1.54, 1.807) is 48.5 Å². The van der Waals surface area contributed by atoms with E-state index in [0.29, 0.717) is 22.7 Å². The number of hydrogen-bond acceptors (Lipinski definition) is 4. The molecule has 0 fully saturated rings. The van der Waals surface area contributed by atoms with E-state index in [2.05, 4.69) is 10.6 Å². The number of anilines is 2. The zero-order chi connectivity index (χ0) is 22.1. The largest absolute Gasteiger partial charge is 0.484 e. The van der Waals surface area contributed by atoms with Gasteiger partial charge in [-0.05, 0) is 60.2 Å². The van der Waals surface area contributed by atoms with Crippen LogP contribution in [-0.4, -0.2) is 18.4 Å². The number of para-hydroxylation sites is 1. The minimum Gasteiger partial charge on any atom is -0.484 e. The van der Waals surface area contributed by atoms with E-state index >= 15 is 0 Å². The molecular formula is C24H18FN3O3. The van der Waals surface area contributed by atoms with Crippen molar-refractivity contribution in [2.45, 2.75) is 0 Å². The van der Waals surface area contributed by atoms with Crippen LogP contribution in [0.2, 0.25) is 0 Å². The average Bonchev–Trinajstić information content (AvgIpc) is 2.78. The lowest BCUT2D eigenvalue weighted by molar-refractivity contribution is -0.118. The van der Waals surface area contributed by atoms with Gasteiger partial charge >= 0.3 is 0 Å². The number of carbonyl (C=O) groups is 2. The van der Waals surface area contributed by atoms with Crippen LogP contribution in [0.25, 0.3) is 6.08 Å². The summed E-state index contributed by atoms with van der Waals surface area (Å²) in [4.78, 5) is 24.3. The molecule has 3 rings (SSSR count). The summed E-state index contributed by atoms with van der Waals surface area (Å²) in [5.74, 6) is -0.941. The van der Waals surface area contributed by atoms with Crippen molar-refractivity contribution in [3.8, 4) is 11.8 Å². The van der Waals surface area contributed by atoms with Gasteiger partial charge in [0.15, 0.2) is 6.61 Å². The Morgan fingerprint density at radius 2 is 1.65 bits per heavy atom. The zero-order valence-corrected chi connectivity index (χ0v) is 16.3. The highest BCUT2D eigenvalue weighted by Gasteiger charge is 2.10. The highest BCUT2D eigenvalue weighted by atomic mass is 19.1. The number of ether oxygens (including phenoxy) is 1. The predicted octanol–water partition coefficient (Wildman–Crippen LogP) is 4.39. The van der Waals surface area contributed by atoms with Crippen LogP contribution in [0.1, 0.15) is 5.56 Å². The molecule has 2 amide bonds. The normalized spacial score (nSPS) is 10.6. The molecule has 6 nitrogen and oxygen atoms in total. The summed E-state index contributed by atoms with van der Waals surface area (Å²) < 4.78 is 18.4. The SMILES string of the molecule is N#C/C(=C\c1cccc(OCC(=O)Nc2ccc(F)cc2)c1)C(=O)Nc1ccccc1. The van der Waals surface area contributed by atoms with E-state index < -0.39 is 17.6 Å². The van der Waals surface area contributed by atoms with Gasteiger partial charge in [0.25, 0.3) is 11.8 Å². The zero-order valence-electron chi connectivity index (χ0n) is 16.3. The fourth-order valence-electron chi connectivity index (χ4n) is 2.61. The first-order valence-corrected chi connectivity index (χ1v) is 9.30. The van der Waals surface area contributed by atoms with Gasteiger partial charge in [0.05, 0.1) is 0 Å². The highest BCUT2D eigenvalue weighted by Crippen LogP contribution is 2.17. The molecule has 3 aromatic rings. The fraction of sp³-hybridized carbons (Fsp3) is 0.0417. The first-order chi connectivity index (χ1) is 15.0. The average molecular weight is 415 g/mol. The standard InChI is InChI=1S/C24H18FN3O3/c25-19-9-11-21(12-10-19)27-23(29)16-31-22-8-4-5-17(14-22)13-18(15-26)24(30)28-20-6-2-1-3-7-20/h1-14H,16H2,(H,27,29)(H,28,30)/b18-13+. The molecule has 0 bridgehead atoms. The second kappa shape index (κ2) is 10.4. The van der Waals surface area contributed by atoms with Crippen molar-refractivity contribution in [3.63, 3.8) is 0 Å². The Bertz CT molecular complexity index is 1140. The van der Waals surface area contributed by atoms with Crippen molar-refractivity contribution in [2.75, 3.05) is 17.2 Å². The van der Waals surface area contributed by atoms with Gasteiger partial charge in [-0.25, -0.2) is 4.39 Å². The monoisotopic (exact) mass is 415 g/mol. The number of benzene rings is 3. The molecule has 0 aliphatic heterocycles. The minimum absolute atomic E-state index is 0.0740.